The second-order valence-corrected chi connectivity index (χ2v) is 7.53. The lowest BCUT2D eigenvalue weighted by molar-refractivity contribution is 0.264. The zero-order valence-electron chi connectivity index (χ0n) is 18.7. The Morgan fingerprint density at radius 2 is 1.38 bits per heavy atom. The first-order valence-corrected chi connectivity index (χ1v) is 10.7. The molecule has 0 aliphatic rings. The molecule has 0 radical (unpaired) electrons. The summed E-state index contributed by atoms with van der Waals surface area (Å²) >= 11 is 0. The van der Waals surface area contributed by atoms with Crippen molar-refractivity contribution in [2.24, 2.45) is 0 Å². The van der Waals surface area contributed by atoms with Gasteiger partial charge in [0, 0.05) is 17.6 Å². The maximum absolute atomic E-state index is 6.23. The molecule has 5 rings (SSSR count). The molecule has 0 aliphatic carbocycles. The molecule has 7 nitrogen and oxygen atoms in total. The van der Waals surface area contributed by atoms with Gasteiger partial charge in [-0.15, -0.1) is 0 Å². The largest absolute Gasteiger partial charge is 0.493 e. The van der Waals surface area contributed by atoms with Crippen LogP contribution in [-0.4, -0.2) is 19.2 Å². The van der Waals surface area contributed by atoms with Crippen molar-refractivity contribution in [3.05, 3.63) is 91.1 Å². The molecule has 0 atom stereocenters. The number of hydrogen-bond donors (Lipinski definition) is 2. The van der Waals surface area contributed by atoms with E-state index in [0.717, 1.165) is 38.8 Å². The van der Waals surface area contributed by atoms with E-state index < -0.39 is 0 Å². The maximum atomic E-state index is 6.23. The number of fused-ring (bicyclic) bond motifs is 2. The van der Waals surface area contributed by atoms with E-state index in [2.05, 4.69) is 15.9 Å². The Hall–Kier alpha value is -4.49. The van der Waals surface area contributed by atoms with E-state index in [4.69, 9.17) is 19.1 Å². The van der Waals surface area contributed by atoms with Crippen molar-refractivity contribution in [1.29, 1.82) is 0 Å². The Balaban J connectivity index is 1.34. The van der Waals surface area contributed by atoms with Crippen molar-refractivity contribution < 1.29 is 19.1 Å². The fourth-order valence-electron chi connectivity index (χ4n) is 3.66. The monoisotopic (exact) mass is 453 g/mol. The summed E-state index contributed by atoms with van der Waals surface area (Å²) in [5.41, 5.74) is 8.21. The molecular formula is C27H23N3O4. The van der Waals surface area contributed by atoms with Crippen molar-refractivity contribution in [3.8, 4) is 23.0 Å². The molecule has 7 heteroatoms. The maximum Gasteiger partial charge on any atom is 0.162 e. The Labute approximate surface area is 196 Å². The average molecular weight is 453 g/mol. The first-order valence-electron chi connectivity index (χ1n) is 10.7. The minimum Gasteiger partial charge on any atom is -0.493 e. The molecule has 2 N–H and O–H groups in total. The summed E-state index contributed by atoms with van der Waals surface area (Å²) < 4.78 is 17.1. The average Bonchev–Trinajstić information content (AvgIpc) is 2.88. The van der Waals surface area contributed by atoms with Crippen molar-refractivity contribution in [3.63, 3.8) is 0 Å². The summed E-state index contributed by atoms with van der Waals surface area (Å²) in [6.07, 6.45) is 1.71. The van der Waals surface area contributed by atoms with Crippen molar-refractivity contribution in [2.75, 3.05) is 25.2 Å². The Morgan fingerprint density at radius 1 is 0.647 bits per heavy atom. The zero-order valence-corrected chi connectivity index (χ0v) is 18.7. The Bertz CT molecular complexity index is 1440. The molecule has 1 heterocycles. The van der Waals surface area contributed by atoms with Gasteiger partial charge in [0.2, 0.25) is 0 Å². The molecule has 170 valence electrons. The lowest BCUT2D eigenvalue weighted by atomic mass is 10.1. The number of anilines is 2. The van der Waals surface area contributed by atoms with Crippen molar-refractivity contribution in [1.82, 2.24) is 4.98 Å². The summed E-state index contributed by atoms with van der Waals surface area (Å²) in [7, 11) is 3.21. The molecule has 0 bridgehead atoms. The van der Waals surface area contributed by atoms with E-state index in [1.54, 1.807) is 20.4 Å². The predicted molar refractivity (Wildman–Crippen MR) is 134 cm³/mol. The van der Waals surface area contributed by atoms with Crippen LogP contribution in [0.5, 0.6) is 23.0 Å². The van der Waals surface area contributed by atoms with Crippen LogP contribution in [0, 0.1) is 0 Å². The summed E-state index contributed by atoms with van der Waals surface area (Å²) in [5, 5.41) is 2.92. The normalized spacial score (nSPS) is 10.8. The molecule has 0 fully saturated rings. The smallest absolute Gasteiger partial charge is 0.162 e. The third-order valence-corrected chi connectivity index (χ3v) is 5.36. The molecule has 0 unspecified atom stereocenters. The zero-order chi connectivity index (χ0) is 23.3. The van der Waals surface area contributed by atoms with Gasteiger partial charge < -0.3 is 14.2 Å². The minimum absolute atomic E-state index is 0.621. The number of para-hydroxylation sites is 1. The van der Waals surface area contributed by atoms with Gasteiger partial charge in [0.1, 0.15) is 11.5 Å². The Kier molecular flexibility index (Phi) is 6.01. The van der Waals surface area contributed by atoms with Crippen LogP contribution in [-0.2, 0) is 4.94 Å². The van der Waals surface area contributed by atoms with Gasteiger partial charge in [0.15, 0.2) is 11.5 Å². The molecule has 0 spiro atoms. The lowest BCUT2D eigenvalue weighted by Gasteiger charge is -2.13. The highest BCUT2D eigenvalue weighted by atomic mass is 16.8. The van der Waals surface area contributed by atoms with Gasteiger partial charge in [0.05, 0.1) is 31.1 Å². The van der Waals surface area contributed by atoms with Gasteiger partial charge in [-0.05, 0) is 59.3 Å². The number of rotatable bonds is 8. The third-order valence-electron chi connectivity index (χ3n) is 5.36. The molecule has 0 saturated carbocycles. The molecule has 34 heavy (non-hydrogen) atoms. The number of methoxy groups -OCH3 is 2. The van der Waals surface area contributed by atoms with Gasteiger partial charge in [-0.3, -0.25) is 4.98 Å². The SMILES string of the molecule is COc1cc2nccc(Oc3ccc4cc(NONc5ccccc5)ccc4c3)c2cc1OC. The Morgan fingerprint density at radius 3 is 2.21 bits per heavy atom. The summed E-state index contributed by atoms with van der Waals surface area (Å²) in [6, 6.07) is 27.1. The second kappa shape index (κ2) is 9.56. The molecular weight excluding hydrogens is 430 g/mol. The van der Waals surface area contributed by atoms with Gasteiger partial charge in [-0.2, -0.15) is 4.94 Å². The summed E-state index contributed by atoms with van der Waals surface area (Å²) in [5.74, 6) is 2.65. The quantitative estimate of drug-likeness (QED) is 0.257. The van der Waals surface area contributed by atoms with Crippen LogP contribution in [0.4, 0.5) is 11.4 Å². The van der Waals surface area contributed by atoms with Crippen LogP contribution in [0.2, 0.25) is 0 Å². The standard InChI is InChI=1S/C27H23N3O4/c1-31-26-16-23-24(17-27(26)32-2)28-13-12-25(23)33-22-11-9-18-14-21(10-8-19(18)15-22)30-34-29-20-6-4-3-5-7-20/h3-17,29-30H,1-2H3. The molecule has 0 saturated heterocycles. The number of aromatic nitrogens is 1. The number of benzene rings is 4. The number of pyridine rings is 1. The highest BCUT2D eigenvalue weighted by Crippen LogP contribution is 2.37. The van der Waals surface area contributed by atoms with Crippen LogP contribution < -0.4 is 25.2 Å². The van der Waals surface area contributed by atoms with Gasteiger partial charge in [-0.25, -0.2) is 11.0 Å². The topological polar surface area (TPSA) is 73.9 Å². The van der Waals surface area contributed by atoms with Crippen LogP contribution in [0.25, 0.3) is 21.7 Å². The fourth-order valence-corrected chi connectivity index (χ4v) is 3.66. The van der Waals surface area contributed by atoms with E-state index in [-0.39, 0.29) is 0 Å². The molecule has 1 aromatic heterocycles. The number of nitrogens with one attached hydrogen (secondary N) is 2. The van der Waals surface area contributed by atoms with Crippen LogP contribution in [0.15, 0.2) is 91.1 Å². The molecule has 0 amide bonds. The van der Waals surface area contributed by atoms with Gasteiger partial charge >= 0.3 is 0 Å². The highest BCUT2D eigenvalue weighted by Gasteiger charge is 2.11. The highest BCUT2D eigenvalue weighted by molar-refractivity contribution is 5.89. The molecule has 5 aromatic rings. The number of nitrogens with zero attached hydrogens (tertiary/aromatic N) is 1. The van der Waals surface area contributed by atoms with Crippen LogP contribution in [0.3, 0.4) is 0 Å². The van der Waals surface area contributed by atoms with Crippen molar-refractivity contribution >= 4 is 33.1 Å². The van der Waals surface area contributed by atoms with E-state index in [0.29, 0.717) is 17.2 Å². The van der Waals surface area contributed by atoms with Crippen molar-refractivity contribution in [2.45, 2.75) is 0 Å². The third kappa shape index (κ3) is 4.51. The second-order valence-electron chi connectivity index (χ2n) is 7.53. The lowest BCUT2D eigenvalue weighted by Crippen LogP contribution is -2.07. The van der Waals surface area contributed by atoms with E-state index in [1.807, 2.05) is 84.9 Å². The van der Waals surface area contributed by atoms with E-state index >= 15 is 0 Å². The van der Waals surface area contributed by atoms with Gasteiger partial charge in [0.25, 0.3) is 0 Å². The minimum atomic E-state index is 0.621. The molecule has 4 aromatic carbocycles. The number of hydrogen-bond acceptors (Lipinski definition) is 7. The van der Waals surface area contributed by atoms with Crippen LogP contribution in [0.1, 0.15) is 0 Å². The first-order chi connectivity index (χ1) is 16.7. The predicted octanol–water partition coefficient (Wildman–Crippen LogP) is 6.57. The summed E-state index contributed by atoms with van der Waals surface area (Å²) in [6.45, 7) is 0. The fraction of sp³-hybridized carbons (Fsp3) is 0.0741. The van der Waals surface area contributed by atoms with Crippen LogP contribution >= 0.6 is 0 Å². The van der Waals surface area contributed by atoms with Gasteiger partial charge in [-0.1, -0.05) is 30.3 Å². The summed E-state index contributed by atoms with van der Waals surface area (Å²) in [4.78, 5) is 9.82. The molecule has 0 aliphatic heterocycles. The first kappa shape index (κ1) is 21.4. The number of ether oxygens (including phenoxy) is 3. The van der Waals surface area contributed by atoms with E-state index in [9.17, 15) is 0 Å². The van der Waals surface area contributed by atoms with E-state index in [1.165, 1.54) is 0 Å².